The molecule has 3 heterocycles. The summed E-state index contributed by atoms with van der Waals surface area (Å²) in [6.07, 6.45) is 8.74. The molecule has 1 saturated heterocycles. The lowest BCUT2D eigenvalue weighted by Crippen LogP contribution is -2.49. The van der Waals surface area contributed by atoms with Gasteiger partial charge in [0.15, 0.2) is 5.96 Å². The van der Waals surface area contributed by atoms with Crippen molar-refractivity contribution in [2.75, 3.05) is 26.7 Å². The summed E-state index contributed by atoms with van der Waals surface area (Å²) in [4.78, 5) is 14.0. The SMILES string of the molecule is CCNC(=NCc1ccccc1CN(C)Cc1ccco1)N1CCC(C)C(n2ccnc2)C1. The Hall–Kier alpha value is -3.06. The lowest BCUT2D eigenvalue weighted by molar-refractivity contribution is 0.189. The highest BCUT2D eigenvalue weighted by Gasteiger charge is 2.28. The van der Waals surface area contributed by atoms with Gasteiger partial charge in [0.05, 0.1) is 31.7 Å². The fourth-order valence-corrected chi connectivity index (χ4v) is 4.56. The number of likely N-dealkylation sites (tertiary alicyclic amines) is 1. The second-order valence-corrected chi connectivity index (χ2v) is 8.98. The van der Waals surface area contributed by atoms with Crippen molar-refractivity contribution in [1.29, 1.82) is 0 Å². The van der Waals surface area contributed by atoms with Crippen molar-refractivity contribution in [3.8, 4) is 0 Å². The van der Waals surface area contributed by atoms with Gasteiger partial charge in [-0.15, -0.1) is 0 Å². The molecular weight excluding hydrogens is 412 g/mol. The van der Waals surface area contributed by atoms with Crippen molar-refractivity contribution in [2.24, 2.45) is 10.9 Å². The highest BCUT2D eigenvalue weighted by molar-refractivity contribution is 5.80. The number of aliphatic imine (C=N–C) groups is 1. The normalized spacial score (nSPS) is 19.3. The highest BCUT2D eigenvalue weighted by Crippen LogP contribution is 2.27. The minimum absolute atomic E-state index is 0.410. The summed E-state index contributed by atoms with van der Waals surface area (Å²) >= 11 is 0. The van der Waals surface area contributed by atoms with Gasteiger partial charge in [-0.3, -0.25) is 4.90 Å². The molecule has 0 bridgehead atoms. The molecule has 0 amide bonds. The fraction of sp³-hybridized carbons (Fsp3) is 0.462. The number of furan rings is 1. The Morgan fingerprint density at radius 1 is 1.21 bits per heavy atom. The molecular formula is C26H36N6O. The van der Waals surface area contributed by atoms with E-state index in [2.05, 4.69) is 76.0 Å². The van der Waals surface area contributed by atoms with Crippen LogP contribution in [0.2, 0.25) is 0 Å². The Bertz CT molecular complexity index is 998. The van der Waals surface area contributed by atoms with Crippen LogP contribution in [0.1, 0.15) is 43.2 Å². The average Bonchev–Trinajstić information content (AvgIpc) is 3.52. The van der Waals surface area contributed by atoms with Gasteiger partial charge in [-0.05, 0) is 49.6 Å². The molecule has 2 aromatic heterocycles. The molecule has 7 nitrogen and oxygen atoms in total. The molecule has 0 spiro atoms. The maximum absolute atomic E-state index is 5.51. The van der Waals surface area contributed by atoms with E-state index in [1.54, 1.807) is 6.26 Å². The van der Waals surface area contributed by atoms with Gasteiger partial charge < -0.3 is 19.2 Å². The number of nitrogens with one attached hydrogen (secondary N) is 1. The predicted molar refractivity (Wildman–Crippen MR) is 132 cm³/mol. The van der Waals surface area contributed by atoms with Crippen LogP contribution in [0.3, 0.4) is 0 Å². The van der Waals surface area contributed by atoms with E-state index in [4.69, 9.17) is 9.41 Å². The van der Waals surface area contributed by atoms with Crippen LogP contribution in [0, 0.1) is 5.92 Å². The second-order valence-electron chi connectivity index (χ2n) is 8.98. The zero-order valence-corrected chi connectivity index (χ0v) is 20.0. The van der Waals surface area contributed by atoms with Gasteiger partial charge in [0.25, 0.3) is 0 Å². The molecule has 2 atom stereocenters. The average molecular weight is 449 g/mol. The van der Waals surface area contributed by atoms with E-state index < -0.39 is 0 Å². The summed E-state index contributed by atoms with van der Waals surface area (Å²) in [6, 6.07) is 13.0. The highest BCUT2D eigenvalue weighted by atomic mass is 16.3. The van der Waals surface area contributed by atoms with Crippen LogP contribution >= 0.6 is 0 Å². The number of piperidine rings is 1. The van der Waals surface area contributed by atoms with Crippen LogP contribution in [0.25, 0.3) is 0 Å². The Balaban J connectivity index is 1.45. The summed E-state index contributed by atoms with van der Waals surface area (Å²) in [5.41, 5.74) is 2.56. The molecule has 1 aliphatic heterocycles. The van der Waals surface area contributed by atoms with Crippen molar-refractivity contribution in [3.63, 3.8) is 0 Å². The van der Waals surface area contributed by atoms with E-state index in [1.807, 2.05) is 24.7 Å². The Morgan fingerprint density at radius 3 is 2.79 bits per heavy atom. The fourth-order valence-electron chi connectivity index (χ4n) is 4.56. The lowest BCUT2D eigenvalue weighted by Gasteiger charge is -2.39. The number of nitrogens with zero attached hydrogens (tertiary/aromatic N) is 5. The van der Waals surface area contributed by atoms with Gasteiger partial charge in [-0.1, -0.05) is 31.2 Å². The largest absolute Gasteiger partial charge is 0.468 e. The van der Waals surface area contributed by atoms with Crippen molar-refractivity contribution in [2.45, 2.75) is 45.9 Å². The topological polar surface area (TPSA) is 61.8 Å². The molecule has 0 radical (unpaired) electrons. The third kappa shape index (κ3) is 6.05. The van der Waals surface area contributed by atoms with E-state index in [9.17, 15) is 0 Å². The van der Waals surface area contributed by atoms with Crippen molar-refractivity contribution >= 4 is 5.96 Å². The second kappa shape index (κ2) is 11.2. The summed E-state index contributed by atoms with van der Waals surface area (Å²) in [5.74, 6) is 2.59. The summed E-state index contributed by atoms with van der Waals surface area (Å²) < 4.78 is 7.75. The summed E-state index contributed by atoms with van der Waals surface area (Å²) in [7, 11) is 2.12. The van der Waals surface area contributed by atoms with Crippen LogP contribution in [-0.4, -0.2) is 52.0 Å². The molecule has 0 saturated carbocycles. The first-order chi connectivity index (χ1) is 16.1. The predicted octanol–water partition coefficient (Wildman–Crippen LogP) is 4.16. The minimum Gasteiger partial charge on any atom is -0.468 e. The van der Waals surface area contributed by atoms with Crippen molar-refractivity contribution in [3.05, 3.63) is 78.3 Å². The van der Waals surface area contributed by atoms with Gasteiger partial charge in [0.1, 0.15) is 5.76 Å². The standard InChI is InChI=1S/C26H36N6O/c1-4-28-26(31-13-11-21(2)25(19-31)32-14-12-27-20-32)29-16-22-8-5-6-9-23(22)17-30(3)18-24-10-7-15-33-24/h5-10,12,14-15,20-21,25H,4,11,13,16-19H2,1-3H3,(H,28,29). The van der Waals surface area contributed by atoms with E-state index in [-0.39, 0.29) is 0 Å². The summed E-state index contributed by atoms with van der Waals surface area (Å²) in [6.45, 7) is 9.59. The number of aromatic nitrogens is 2. The van der Waals surface area contributed by atoms with E-state index in [1.165, 1.54) is 11.1 Å². The van der Waals surface area contributed by atoms with Crippen molar-refractivity contribution < 1.29 is 4.42 Å². The maximum atomic E-state index is 5.51. The zero-order valence-electron chi connectivity index (χ0n) is 20.0. The van der Waals surface area contributed by atoms with Gasteiger partial charge >= 0.3 is 0 Å². The first-order valence-electron chi connectivity index (χ1n) is 11.9. The first kappa shape index (κ1) is 23.1. The maximum Gasteiger partial charge on any atom is 0.194 e. The van der Waals surface area contributed by atoms with Crippen LogP contribution < -0.4 is 5.32 Å². The Kier molecular flexibility index (Phi) is 7.83. The molecule has 1 fully saturated rings. The molecule has 0 aliphatic carbocycles. The van der Waals surface area contributed by atoms with E-state index >= 15 is 0 Å². The molecule has 176 valence electrons. The number of hydrogen-bond donors (Lipinski definition) is 1. The zero-order chi connectivity index (χ0) is 23.0. The van der Waals surface area contributed by atoms with Crippen molar-refractivity contribution in [1.82, 2.24) is 24.7 Å². The molecule has 3 aromatic rings. The molecule has 1 N–H and O–H groups in total. The third-order valence-electron chi connectivity index (χ3n) is 6.42. The minimum atomic E-state index is 0.410. The molecule has 33 heavy (non-hydrogen) atoms. The first-order valence-corrected chi connectivity index (χ1v) is 11.9. The van der Waals surface area contributed by atoms with Gasteiger partial charge in [0.2, 0.25) is 0 Å². The van der Waals surface area contributed by atoms with Crippen LogP contribution in [0.5, 0.6) is 0 Å². The molecule has 1 aliphatic rings. The number of rotatable bonds is 8. The molecule has 2 unspecified atom stereocenters. The number of guanidine groups is 1. The summed E-state index contributed by atoms with van der Waals surface area (Å²) in [5, 5.41) is 3.52. The lowest BCUT2D eigenvalue weighted by atomic mass is 9.93. The van der Waals surface area contributed by atoms with Crippen LogP contribution in [0.4, 0.5) is 0 Å². The Labute approximate surface area is 197 Å². The van der Waals surface area contributed by atoms with E-state index in [0.29, 0.717) is 18.5 Å². The third-order valence-corrected chi connectivity index (χ3v) is 6.42. The monoisotopic (exact) mass is 448 g/mol. The molecule has 4 rings (SSSR count). The number of imidazole rings is 1. The van der Waals surface area contributed by atoms with Crippen LogP contribution in [-0.2, 0) is 19.6 Å². The smallest absolute Gasteiger partial charge is 0.194 e. The van der Waals surface area contributed by atoms with Gasteiger partial charge in [-0.25, -0.2) is 9.98 Å². The quantitative estimate of drug-likeness (QED) is 0.414. The van der Waals surface area contributed by atoms with E-state index in [0.717, 1.165) is 50.9 Å². The Morgan fingerprint density at radius 2 is 2.06 bits per heavy atom. The molecule has 7 heteroatoms. The number of hydrogen-bond acceptors (Lipinski definition) is 4. The van der Waals surface area contributed by atoms with Crippen LogP contribution in [0.15, 0.2) is 70.8 Å². The molecule has 1 aromatic carbocycles. The number of benzene rings is 1. The van der Waals surface area contributed by atoms with Gasteiger partial charge in [0, 0.05) is 38.6 Å². The van der Waals surface area contributed by atoms with Gasteiger partial charge in [-0.2, -0.15) is 0 Å².